The van der Waals surface area contributed by atoms with Crippen molar-refractivity contribution in [2.75, 3.05) is 0 Å². The van der Waals surface area contributed by atoms with Crippen LogP contribution < -0.4 is 5.32 Å². The second-order valence-electron chi connectivity index (χ2n) is 5.44. The van der Waals surface area contributed by atoms with Gasteiger partial charge in [0.1, 0.15) is 5.82 Å². The average molecular weight is 344 g/mol. The third kappa shape index (κ3) is 3.79. The molecule has 1 aliphatic carbocycles. The van der Waals surface area contributed by atoms with Crippen molar-refractivity contribution in [1.29, 1.82) is 0 Å². The highest BCUT2D eigenvalue weighted by atomic mass is 79.9. The first kappa shape index (κ1) is 15.4. The van der Waals surface area contributed by atoms with Crippen LogP contribution >= 0.6 is 15.9 Å². The SMILES string of the molecule is C[C@H](NC1CCC(C(=O)O)CC1)c1ccc(Br)cc1F. The maximum Gasteiger partial charge on any atom is 0.306 e. The van der Waals surface area contributed by atoms with Crippen LogP contribution in [0.3, 0.4) is 0 Å². The molecular weight excluding hydrogens is 325 g/mol. The fourth-order valence-corrected chi connectivity index (χ4v) is 3.14. The molecule has 0 spiro atoms. The van der Waals surface area contributed by atoms with Gasteiger partial charge in [0.15, 0.2) is 0 Å². The number of halogens is 2. The highest BCUT2D eigenvalue weighted by Crippen LogP contribution is 2.27. The van der Waals surface area contributed by atoms with Gasteiger partial charge in [0.25, 0.3) is 0 Å². The predicted octanol–water partition coefficient (Wildman–Crippen LogP) is 3.88. The van der Waals surface area contributed by atoms with Crippen molar-refractivity contribution < 1.29 is 14.3 Å². The van der Waals surface area contributed by atoms with Crippen LogP contribution in [0.2, 0.25) is 0 Å². The van der Waals surface area contributed by atoms with Crippen LogP contribution in [-0.4, -0.2) is 17.1 Å². The summed E-state index contributed by atoms with van der Waals surface area (Å²) >= 11 is 3.25. The van der Waals surface area contributed by atoms with E-state index in [9.17, 15) is 9.18 Å². The van der Waals surface area contributed by atoms with Gasteiger partial charge in [-0.1, -0.05) is 22.0 Å². The van der Waals surface area contributed by atoms with Gasteiger partial charge in [0, 0.05) is 22.1 Å². The maximum atomic E-state index is 13.9. The van der Waals surface area contributed by atoms with Crippen molar-refractivity contribution in [2.24, 2.45) is 5.92 Å². The van der Waals surface area contributed by atoms with Gasteiger partial charge in [-0.2, -0.15) is 0 Å². The maximum absolute atomic E-state index is 13.9. The molecule has 20 heavy (non-hydrogen) atoms. The van der Waals surface area contributed by atoms with Crippen molar-refractivity contribution in [1.82, 2.24) is 5.32 Å². The first-order chi connectivity index (χ1) is 9.47. The van der Waals surface area contributed by atoms with Gasteiger partial charge < -0.3 is 10.4 Å². The number of aliphatic carboxylic acids is 1. The minimum absolute atomic E-state index is 0.0746. The van der Waals surface area contributed by atoms with E-state index in [1.807, 2.05) is 13.0 Å². The van der Waals surface area contributed by atoms with E-state index in [0.29, 0.717) is 18.4 Å². The van der Waals surface area contributed by atoms with Crippen LogP contribution in [0.15, 0.2) is 22.7 Å². The highest BCUT2D eigenvalue weighted by Gasteiger charge is 2.27. The number of carbonyl (C=O) groups is 1. The lowest BCUT2D eigenvalue weighted by atomic mass is 9.85. The summed E-state index contributed by atoms with van der Waals surface area (Å²) in [7, 11) is 0. The molecule has 1 aliphatic rings. The third-order valence-electron chi connectivity index (χ3n) is 3.99. The summed E-state index contributed by atoms with van der Waals surface area (Å²) in [4.78, 5) is 10.9. The molecule has 3 nitrogen and oxygen atoms in total. The number of benzene rings is 1. The van der Waals surface area contributed by atoms with Crippen molar-refractivity contribution >= 4 is 21.9 Å². The zero-order valence-corrected chi connectivity index (χ0v) is 13.0. The van der Waals surface area contributed by atoms with Crippen LogP contribution in [0.25, 0.3) is 0 Å². The summed E-state index contributed by atoms with van der Waals surface area (Å²) < 4.78 is 14.6. The molecule has 0 heterocycles. The number of nitrogens with one attached hydrogen (secondary N) is 1. The Kier molecular flexibility index (Phi) is 5.16. The standard InChI is InChI=1S/C15H19BrFNO2/c1-9(13-7-4-11(16)8-14(13)17)18-12-5-2-10(3-6-12)15(19)20/h4,7-10,12,18H,2-3,5-6H2,1H3,(H,19,20)/t9-,10?,12?/m0/s1. The van der Waals surface area contributed by atoms with E-state index in [-0.39, 0.29) is 23.8 Å². The molecule has 0 saturated heterocycles. The first-order valence-corrected chi connectivity index (χ1v) is 7.70. The predicted molar refractivity (Wildman–Crippen MR) is 79.0 cm³/mol. The van der Waals surface area contributed by atoms with Gasteiger partial charge in [0.2, 0.25) is 0 Å². The smallest absolute Gasteiger partial charge is 0.306 e. The quantitative estimate of drug-likeness (QED) is 0.871. The fraction of sp³-hybridized carbons (Fsp3) is 0.533. The van der Waals surface area contributed by atoms with Gasteiger partial charge in [-0.3, -0.25) is 4.79 Å². The first-order valence-electron chi connectivity index (χ1n) is 6.91. The minimum Gasteiger partial charge on any atom is -0.481 e. The lowest BCUT2D eigenvalue weighted by Gasteiger charge is -2.29. The minimum atomic E-state index is -0.699. The molecule has 1 saturated carbocycles. The normalized spacial score (nSPS) is 24.4. The lowest BCUT2D eigenvalue weighted by Crippen LogP contribution is -2.36. The molecule has 0 bridgehead atoms. The molecule has 1 fully saturated rings. The Morgan fingerprint density at radius 1 is 1.40 bits per heavy atom. The van der Waals surface area contributed by atoms with Crippen molar-refractivity contribution in [3.05, 3.63) is 34.1 Å². The molecule has 110 valence electrons. The second kappa shape index (κ2) is 6.68. The number of carboxylic acid groups (broad SMARTS) is 1. The topological polar surface area (TPSA) is 49.3 Å². The van der Waals surface area contributed by atoms with Gasteiger partial charge in [-0.05, 0) is 44.7 Å². The van der Waals surface area contributed by atoms with E-state index >= 15 is 0 Å². The number of carboxylic acids is 1. The molecule has 2 rings (SSSR count). The summed E-state index contributed by atoms with van der Waals surface area (Å²) in [5, 5.41) is 12.4. The van der Waals surface area contributed by atoms with E-state index in [2.05, 4.69) is 21.2 Å². The van der Waals surface area contributed by atoms with Crippen LogP contribution in [0.5, 0.6) is 0 Å². The molecule has 0 aromatic heterocycles. The Bertz CT molecular complexity index is 487. The number of hydrogen-bond acceptors (Lipinski definition) is 2. The van der Waals surface area contributed by atoms with E-state index < -0.39 is 5.97 Å². The molecule has 0 unspecified atom stereocenters. The van der Waals surface area contributed by atoms with Crippen molar-refractivity contribution in [3.8, 4) is 0 Å². The molecule has 0 radical (unpaired) electrons. The largest absolute Gasteiger partial charge is 0.481 e. The van der Waals surface area contributed by atoms with Gasteiger partial charge >= 0.3 is 5.97 Å². The summed E-state index contributed by atoms with van der Waals surface area (Å²) in [6.07, 6.45) is 3.06. The van der Waals surface area contributed by atoms with Crippen molar-refractivity contribution in [3.63, 3.8) is 0 Å². The zero-order valence-electron chi connectivity index (χ0n) is 11.4. The lowest BCUT2D eigenvalue weighted by molar-refractivity contribution is -0.142. The van der Waals surface area contributed by atoms with Crippen LogP contribution in [-0.2, 0) is 4.79 Å². The summed E-state index contributed by atoms with van der Waals surface area (Å²) in [6, 6.07) is 5.27. The molecule has 1 atom stereocenters. The number of hydrogen-bond donors (Lipinski definition) is 2. The second-order valence-corrected chi connectivity index (χ2v) is 6.36. The van der Waals surface area contributed by atoms with Crippen LogP contribution in [0, 0.1) is 11.7 Å². The molecule has 1 aromatic rings. The van der Waals surface area contributed by atoms with E-state index in [1.165, 1.54) is 6.07 Å². The monoisotopic (exact) mass is 343 g/mol. The Balaban J connectivity index is 1.92. The third-order valence-corrected chi connectivity index (χ3v) is 4.48. The molecular formula is C15H19BrFNO2. The molecule has 0 aliphatic heterocycles. The Labute approximate surface area is 126 Å². The van der Waals surface area contributed by atoms with Gasteiger partial charge in [0.05, 0.1) is 5.92 Å². The van der Waals surface area contributed by atoms with E-state index in [4.69, 9.17) is 5.11 Å². The number of rotatable bonds is 4. The Morgan fingerprint density at radius 2 is 2.05 bits per heavy atom. The molecule has 2 N–H and O–H groups in total. The van der Waals surface area contributed by atoms with Crippen LogP contribution in [0.1, 0.15) is 44.2 Å². The van der Waals surface area contributed by atoms with Gasteiger partial charge in [-0.25, -0.2) is 4.39 Å². The van der Waals surface area contributed by atoms with E-state index in [1.54, 1.807) is 6.07 Å². The summed E-state index contributed by atoms with van der Waals surface area (Å²) in [6.45, 7) is 1.94. The fourth-order valence-electron chi connectivity index (χ4n) is 2.80. The Hall–Kier alpha value is -0.940. The zero-order chi connectivity index (χ0) is 14.7. The summed E-state index contributed by atoms with van der Waals surface area (Å²) in [5.74, 6) is -1.14. The Morgan fingerprint density at radius 3 is 2.60 bits per heavy atom. The van der Waals surface area contributed by atoms with Crippen molar-refractivity contribution in [2.45, 2.75) is 44.7 Å². The molecule has 1 aromatic carbocycles. The molecule has 0 amide bonds. The van der Waals surface area contributed by atoms with E-state index in [0.717, 1.165) is 17.3 Å². The van der Waals surface area contributed by atoms with Gasteiger partial charge in [-0.15, -0.1) is 0 Å². The van der Waals surface area contributed by atoms with Crippen LogP contribution in [0.4, 0.5) is 4.39 Å². The summed E-state index contributed by atoms with van der Waals surface area (Å²) in [5.41, 5.74) is 0.647. The molecule has 5 heteroatoms. The highest BCUT2D eigenvalue weighted by molar-refractivity contribution is 9.10. The average Bonchev–Trinajstić information content (AvgIpc) is 2.39.